The summed E-state index contributed by atoms with van der Waals surface area (Å²) in [4.78, 5) is 4.16. The lowest BCUT2D eigenvalue weighted by Crippen LogP contribution is -2.19. The Bertz CT molecular complexity index is 626. The van der Waals surface area contributed by atoms with Gasteiger partial charge in [-0.05, 0) is 33.8 Å². The second-order valence-corrected chi connectivity index (χ2v) is 6.90. The number of hydrogen-bond acceptors (Lipinski definition) is 4. The van der Waals surface area contributed by atoms with Gasteiger partial charge in [0.15, 0.2) is 5.58 Å². The average Bonchev–Trinajstić information content (AvgIpc) is 2.66. The van der Waals surface area contributed by atoms with Gasteiger partial charge in [-0.25, -0.2) is 4.21 Å². The molecule has 0 amide bonds. The van der Waals surface area contributed by atoms with Gasteiger partial charge >= 0.3 is 0 Å². The molecule has 2 heterocycles. The lowest BCUT2D eigenvalue weighted by molar-refractivity contribution is 0.449. The molecule has 0 aliphatic carbocycles. The van der Waals surface area contributed by atoms with Gasteiger partial charge in [-0.3, -0.25) is 4.98 Å². The first kappa shape index (κ1) is 12.9. The van der Waals surface area contributed by atoms with Crippen molar-refractivity contribution in [1.82, 2.24) is 10.1 Å². The summed E-state index contributed by atoms with van der Waals surface area (Å²) in [6.45, 7) is 7.49. The summed E-state index contributed by atoms with van der Waals surface area (Å²) < 4.78 is 20.5. The third kappa shape index (κ3) is 2.64. The third-order valence-corrected chi connectivity index (χ3v) is 3.71. The van der Waals surface area contributed by atoms with Gasteiger partial charge in [0.2, 0.25) is 0 Å². The van der Waals surface area contributed by atoms with Crippen LogP contribution in [0.3, 0.4) is 0 Å². The molecule has 0 unspecified atom stereocenters. The van der Waals surface area contributed by atoms with Crippen molar-refractivity contribution in [2.45, 2.75) is 32.4 Å². The first-order chi connectivity index (χ1) is 8.38. The van der Waals surface area contributed by atoms with Crippen molar-refractivity contribution in [3.8, 4) is 0 Å². The molecule has 2 rings (SSSR count). The van der Waals surface area contributed by atoms with E-state index in [0.717, 1.165) is 11.1 Å². The summed E-state index contributed by atoms with van der Waals surface area (Å²) in [6, 6.07) is 1.82. The maximum absolute atomic E-state index is 11.8. The van der Waals surface area contributed by atoms with Gasteiger partial charge in [0.1, 0.15) is 11.0 Å². The fourth-order valence-corrected chi connectivity index (χ4v) is 1.83. The Labute approximate surface area is 108 Å². The Morgan fingerprint density at radius 1 is 1.44 bits per heavy atom. The zero-order chi connectivity index (χ0) is 13.3. The maximum Gasteiger partial charge on any atom is 0.185 e. The number of pyridine rings is 1. The highest BCUT2D eigenvalue weighted by molar-refractivity contribution is 7.85. The van der Waals surface area contributed by atoms with Crippen LogP contribution in [0.15, 0.2) is 21.2 Å². The average molecular weight is 265 g/mol. The van der Waals surface area contributed by atoms with Crippen LogP contribution in [0, 0.1) is 6.92 Å². The minimum Gasteiger partial charge on any atom is -0.354 e. The summed E-state index contributed by atoms with van der Waals surface area (Å²) in [6.07, 6.45) is 3.12. The summed E-state index contributed by atoms with van der Waals surface area (Å²) in [5, 5.41) is 4.75. The summed E-state index contributed by atoms with van der Waals surface area (Å²) >= 11 is 0. The summed E-state index contributed by atoms with van der Waals surface area (Å²) in [5.41, 5.74) is 2.09. The van der Waals surface area contributed by atoms with E-state index in [1.54, 1.807) is 6.20 Å². The third-order valence-electron chi connectivity index (χ3n) is 2.36. The van der Waals surface area contributed by atoms with Crippen LogP contribution in [0.5, 0.6) is 0 Å². The molecule has 0 spiro atoms. The van der Waals surface area contributed by atoms with Crippen LogP contribution in [0.4, 0.5) is 0 Å². The van der Waals surface area contributed by atoms with Gasteiger partial charge in [-0.15, -0.1) is 0 Å². The monoisotopic (exact) mass is 265 g/mol. The van der Waals surface area contributed by atoms with Gasteiger partial charge < -0.3 is 4.52 Å². The van der Waals surface area contributed by atoms with Crippen molar-refractivity contribution in [3.63, 3.8) is 0 Å². The smallest absolute Gasteiger partial charge is 0.185 e. The molecule has 2 aromatic rings. The normalized spacial score (nSPS) is 14.4. The SMILES string of the molecule is Cc1noc2cnc(C=N[S@](=O)C(C)(C)C)cc12. The predicted octanol–water partition coefficient (Wildman–Crippen LogP) is 2.41. The van der Waals surface area contributed by atoms with Crippen LogP contribution in [0.1, 0.15) is 32.2 Å². The molecular formula is C12H15N3O2S. The molecule has 2 aromatic heterocycles. The van der Waals surface area contributed by atoms with E-state index in [4.69, 9.17) is 4.52 Å². The molecule has 0 N–H and O–H groups in total. The van der Waals surface area contributed by atoms with Crippen LogP contribution in [0.25, 0.3) is 11.0 Å². The van der Waals surface area contributed by atoms with Crippen LogP contribution in [0.2, 0.25) is 0 Å². The fraction of sp³-hybridized carbons (Fsp3) is 0.417. The molecule has 1 atom stereocenters. The molecule has 5 nitrogen and oxygen atoms in total. The number of aromatic nitrogens is 2. The van der Waals surface area contributed by atoms with E-state index in [1.807, 2.05) is 33.8 Å². The zero-order valence-electron chi connectivity index (χ0n) is 10.8. The molecule has 0 radical (unpaired) electrons. The van der Waals surface area contributed by atoms with Gasteiger partial charge in [0, 0.05) is 5.39 Å². The molecule has 0 aromatic carbocycles. The number of hydrogen-bond donors (Lipinski definition) is 0. The van der Waals surface area contributed by atoms with Crippen molar-refractivity contribution < 1.29 is 8.73 Å². The van der Waals surface area contributed by atoms with Crippen molar-refractivity contribution in [2.75, 3.05) is 0 Å². The van der Waals surface area contributed by atoms with Gasteiger partial charge in [-0.2, -0.15) is 4.40 Å². The molecule has 96 valence electrons. The van der Waals surface area contributed by atoms with Crippen LogP contribution in [-0.2, 0) is 11.0 Å². The van der Waals surface area contributed by atoms with Gasteiger partial charge in [0.05, 0.1) is 28.5 Å². The number of nitrogens with zero attached hydrogens (tertiary/aromatic N) is 3. The highest BCUT2D eigenvalue weighted by atomic mass is 32.2. The van der Waals surface area contributed by atoms with Crippen molar-refractivity contribution in [3.05, 3.63) is 23.7 Å². The molecule has 0 fully saturated rings. The van der Waals surface area contributed by atoms with Crippen molar-refractivity contribution in [2.24, 2.45) is 4.40 Å². The molecule has 6 heteroatoms. The van der Waals surface area contributed by atoms with Crippen molar-refractivity contribution >= 4 is 28.2 Å². The minimum absolute atomic E-state index is 0.367. The second-order valence-electron chi connectivity index (χ2n) is 4.97. The predicted molar refractivity (Wildman–Crippen MR) is 72.0 cm³/mol. The molecular weight excluding hydrogens is 250 g/mol. The number of rotatable bonds is 2. The quantitative estimate of drug-likeness (QED) is 0.782. The molecule has 18 heavy (non-hydrogen) atoms. The Balaban J connectivity index is 2.30. The molecule has 0 bridgehead atoms. The highest BCUT2D eigenvalue weighted by Gasteiger charge is 2.18. The summed E-state index contributed by atoms with van der Waals surface area (Å²) in [5.74, 6) is 0. The Morgan fingerprint density at radius 3 is 2.83 bits per heavy atom. The highest BCUT2D eigenvalue weighted by Crippen LogP contribution is 2.17. The van der Waals surface area contributed by atoms with E-state index in [2.05, 4.69) is 14.5 Å². The van der Waals surface area contributed by atoms with Crippen LogP contribution in [-0.4, -0.2) is 25.3 Å². The van der Waals surface area contributed by atoms with E-state index in [1.165, 1.54) is 6.21 Å². The molecule has 0 saturated carbocycles. The largest absolute Gasteiger partial charge is 0.354 e. The topological polar surface area (TPSA) is 68.3 Å². The molecule has 0 saturated heterocycles. The Morgan fingerprint density at radius 2 is 2.17 bits per heavy atom. The molecule has 0 aliphatic heterocycles. The van der Waals surface area contributed by atoms with E-state index in [0.29, 0.717) is 11.3 Å². The standard InChI is InChI=1S/C12H15N3O2S/c1-8-10-5-9(13-7-11(10)17-15-8)6-14-18(16)12(2,3)4/h5-7H,1-4H3/t18-/m1/s1. The second kappa shape index (κ2) is 4.61. The number of fused-ring (bicyclic) bond motifs is 1. The van der Waals surface area contributed by atoms with E-state index < -0.39 is 11.0 Å². The van der Waals surface area contributed by atoms with E-state index in [9.17, 15) is 4.21 Å². The van der Waals surface area contributed by atoms with Crippen LogP contribution >= 0.6 is 0 Å². The van der Waals surface area contributed by atoms with Gasteiger partial charge in [-0.1, -0.05) is 5.16 Å². The van der Waals surface area contributed by atoms with E-state index >= 15 is 0 Å². The lowest BCUT2D eigenvalue weighted by atomic mass is 10.2. The first-order valence-electron chi connectivity index (χ1n) is 5.56. The van der Waals surface area contributed by atoms with Crippen LogP contribution < -0.4 is 0 Å². The Kier molecular flexibility index (Phi) is 3.30. The Hall–Kier alpha value is -1.56. The fourth-order valence-electron chi connectivity index (χ4n) is 1.31. The van der Waals surface area contributed by atoms with E-state index in [-0.39, 0.29) is 4.75 Å². The minimum atomic E-state index is -1.28. The maximum atomic E-state index is 11.8. The summed E-state index contributed by atoms with van der Waals surface area (Å²) in [7, 11) is -1.28. The van der Waals surface area contributed by atoms with Crippen molar-refractivity contribution in [1.29, 1.82) is 0 Å². The lowest BCUT2D eigenvalue weighted by Gasteiger charge is -2.12. The zero-order valence-corrected chi connectivity index (χ0v) is 11.6. The number of aryl methyl sites for hydroxylation is 1. The first-order valence-corrected chi connectivity index (χ1v) is 6.67. The molecule has 0 aliphatic rings. The van der Waals surface area contributed by atoms with Gasteiger partial charge in [0.25, 0.3) is 0 Å².